The van der Waals surface area contributed by atoms with E-state index in [2.05, 4.69) is 15.4 Å². The van der Waals surface area contributed by atoms with Gasteiger partial charge in [0.1, 0.15) is 0 Å². The third kappa shape index (κ3) is 2.33. The molecule has 1 aliphatic carbocycles. The van der Waals surface area contributed by atoms with Crippen molar-refractivity contribution < 1.29 is 0 Å². The fourth-order valence-electron chi connectivity index (χ4n) is 1.63. The van der Waals surface area contributed by atoms with Crippen molar-refractivity contribution in [3.63, 3.8) is 0 Å². The largest absolute Gasteiger partial charge is 0.330 e. The Labute approximate surface area is 89.5 Å². The molecule has 2 atom stereocenters. The molecule has 0 unspecified atom stereocenters. The Bertz CT molecular complexity index is 224. The van der Waals surface area contributed by atoms with Crippen LogP contribution in [0, 0.1) is 5.92 Å². The molecule has 76 valence electrons. The molecule has 0 saturated heterocycles. The summed E-state index contributed by atoms with van der Waals surface area (Å²) in [4.78, 5) is 0. The molecule has 1 heterocycles. The summed E-state index contributed by atoms with van der Waals surface area (Å²) in [5, 5.41) is 10.4. The van der Waals surface area contributed by atoms with Gasteiger partial charge in [-0.2, -0.15) is 15.4 Å². The maximum Gasteiger partial charge on any atom is 0.0858 e. The smallest absolute Gasteiger partial charge is 0.0858 e. The first kappa shape index (κ1) is 12.7. The minimum absolute atomic E-state index is 0. The van der Waals surface area contributed by atoms with Crippen LogP contribution in [0.3, 0.4) is 0 Å². The van der Waals surface area contributed by atoms with Crippen LogP contribution in [0.15, 0.2) is 6.20 Å². The van der Waals surface area contributed by atoms with E-state index in [1.165, 1.54) is 12.8 Å². The number of aromatic nitrogens is 3. The third-order valence-corrected chi connectivity index (χ3v) is 2.53. The standard InChI is InChI=1S/C7H12N4.2ClH/c8-3-5-1-2-6(5)7-4-9-11-10-7;;/h4-6H,1-3,8H2,(H,9,10,11);2*1H/t5-,6-;;/m0../s1. The minimum Gasteiger partial charge on any atom is -0.330 e. The van der Waals surface area contributed by atoms with Crippen LogP contribution < -0.4 is 5.73 Å². The minimum atomic E-state index is 0. The van der Waals surface area contributed by atoms with Gasteiger partial charge in [-0.15, -0.1) is 24.8 Å². The van der Waals surface area contributed by atoms with E-state index in [4.69, 9.17) is 5.73 Å². The Kier molecular flexibility index (Phi) is 5.29. The molecule has 13 heavy (non-hydrogen) atoms. The quantitative estimate of drug-likeness (QED) is 0.791. The zero-order chi connectivity index (χ0) is 7.68. The SMILES string of the molecule is Cl.Cl.NC[C@@H]1CC[C@@H]1c1cn[nH]n1. The van der Waals surface area contributed by atoms with E-state index in [1.807, 2.05) is 0 Å². The van der Waals surface area contributed by atoms with Gasteiger partial charge in [0.2, 0.25) is 0 Å². The van der Waals surface area contributed by atoms with Crippen molar-refractivity contribution in [1.82, 2.24) is 15.4 Å². The highest BCUT2D eigenvalue weighted by atomic mass is 35.5. The molecular formula is C7H14Cl2N4. The molecule has 2 rings (SSSR count). The second-order valence-corrected chi connectivity index (χ2v) is 3.07. The second-order valence-electron chi connectivity index (χ2n) is 3.07. The molecule has 1 aromatic heterocycles. The molecule has 1 aromatic rings. The fourth-order valence-corrected chi connectivity index (χ4v) is 1.63. The summed E-state index contributed by atoms with van der Waals surface area (Å²) >= 11 is 0. The first-order chi connectivity index (χ1) is 5.42. The van der Waals surface area contributed by atoms with E-state index in [1.54, 1.807) is 6.20 Å². The summed E-state index contributed by atoms with van der Waals surface area (Å²) in [6.07, 6.45) is 4.26. The topological polar surface area (TPSA) is 67.6 Å². The number of H-pyrrole nitrogens is 1. The maximum atomic E-state index is 5.57. The van der Waals surface area contributed by atoms with E-state index in [9.17, 15) is 0 Å². The highest BCUT2D eigenvalue weighted by Gasteiger charge is 2.32. The lowest BCUT2D eigenvalue weighted by Crippen LogP contribution is -2.30. The predicted molar refractivity (Wildman–Crippen MR) is 55.4 cm³/mol. The number of nitrogens with zero attached hydrogens (tertiary/aromatic N) is 2. The van der Waals surface area contributed by atoms with Gasteiger partial charge in [0.05, 0.1) is 11.9 Å². The van der Waals surface area contributed by atoms with E-state index >= 15 is 0 Å². The Morgan fingerprint density at radius 3 is 2.62 bits per heavy atom. The molecule has 0 aromatic carbocycles. The van der Waals surface area contributed by atoms with Gasteiger partial charge in [-0.3, -0.25) is 0 Å². The predicted octanol–water partition coefficient (Wildman–Crippen LogP) is 1.10. The van der Waals surface area contributed by atoms with Gasteiger partial charge < -0.3 is 5.73 Å². The summed E-state index contributed by atoms with van der Waals surface area (Å²) in [7, 11) is 0. The Morgan fingerprint density at radius 1 is 1.46 bits per heavy atom. The van der Waals surface area contributed by atoms with Crippen molar-refractivity contribution in [2.24, 2.45) is 11.7 Å². The molecule has 1 saturated carbocycles. The maximum absolute atomic E-state index is 5.57. The molecule has 0 amide bonds. The number of rotatable bonds is 2. The highest BCUT2D eigenvalue weighted by Crippen LogP contribution is 2.40. The molecule has 0 spiro atoms. The number of hydrogen-bond donors (Lipinski definition) is 2. The van der Waals surface area contributed by atoms with E-state index < -0.39 is 0 Å². The lowest BCUT2D eigenvalue weighted by Gasteiger charge is -2.33. The van der Waals surface area contributed by atoms with E-state index in [0.717, 1.165) is 12.2 Å². The summed E-state index contributed by atoms with van der Waals surface area (Å²) < 4.78 is 0. The monoisotopic (exact) mass is 224 g/mol. The Balaban J connectivity index is 0.000000720. The lowest BCUT2D eigenvalue weighted by molar-refractivity contribution is 0.258. The number of nitrogens with one attached hydrogen (secondary N) is 1. The normalized spacial score (nSPS) is 25.3. The number of hydrogen-bond acceptors (Lipinski definition) is 3. The van der Waals surface area contributed by atoms with Crippen LogP contribution in [0.1, 0.15) is 24.5 Å². The summed E-state index contributed by atoms with van der Waals surface area (Å²) in [5.41, 5.74) is 6.65. The Morgan fingerprint density at radius 2 is 2.23 bits per heavy atom. The van der Waals surface area contributed by atoms with E-state index in [-0.39, 0.29) is 24.8 Å². The molecule has 3 N–H and O–H groups in total. The molecule has 1 aliphatic rings. The van der Waals surface area contributed by atoms with Crippen molar-refractivity contribution in [1.29, 1.82) is 0 Å². The molecular weight excluding hydrogens is 211 g/mol. The van der Waals surface area contributed by atoms with Crippen molar-refractivity contribution in [3.8, 4) is 0 Å². The van der Waals surface area contributed by atoms with Crippen molar-refractivity contribution in [2.45, 2.75) is 18.8 Å². The van der Waals surface area contributed by atoms with Crippen molar-refractivity contribution in [2.75, 3.05) is 6.54 Å². The summed E-state index contributed by atoms with van der Waals surface area (Å²) in [6.45, 7) is 0.775. The Hall–Kier alpha value is -0.320. The van der Waals surface area contributed by atoms with Crippen LogP contribution >= 0.6 is 24.8 Å². The van der Waals surface area contributed by atoms with Crippen LogP contribution in [0.5, 0.6) is 0 Å². The third-order valence-electron chi connectivity index (χ3n) is 2.53. The molecule has 0 bridgehead atoms. The zero-order valence-corrected chi connectivity index (χ0v) is 8.77. The van der Waals surface area contributed by atoms with Crippen molar-refractivity contribution >= 4 is 24.8 Å². The highest BCUT2D eigenvalue weighted by molar-refractivity contribution is 5.85. The van der Waals surface area contributed by atoms with Crippen LogP contribution in [0.25, 0.3) is 0 Å². The summed E-state index contributed by atoms with van der Waals surface area (Å²) in [5.74, 6) is 1.21. The number of aromatic amines is 1. The van der Waals surface area contributed by atoms with Crippen LogP contribution in [0.2, 0.25) is 0 Å². The van der Waals surface area contributed by atoms with Gasteiger partial charge >= 0.3 is 0 Å². The zero-order valence-electron chi connectivity index (χ0n) is 7.14. The van der Waals surface area contributed by atoms with Crippen molar-refractivity contribution in [3.05, 3.63) is 11.9 Å². The van der Waals surface area contributed by atoms with Gasteiger partial charge in [-0.1, -0.05) is 0 Å². The fraction of sp³-hybridized carbons (Fsp3) is 0.714. The van der Waals surface area contributed by atoms with Gasteiger partial charge in [-0.05, 0) is 25.3 Å². The van der Waals surface area contributed by atoms with Gasteiger partial charge in [0, 0.05) is 5.92 Å². The van der Waals surface area contributed by atoms with Gasteiger partial charge in [0.25, 0.3) is 0 Å². The average Bonchev–Trinajstić information content (AvgIpc) is 2.39. The average molecular weight is 225 g/mol. The van der Waals surface area contributed by atoms with Crippen LogP contribution in [-0.4, -0.2) is 22.0 Å². The summed E-state index contributed by atoms with van der Waals surface area (Å²) in [6, 6.07) is 0. The number of halogens is 2. The molecule has 1 fully saturated rings. The lowest BCUT2D eigenvalue weighted by atomic mass is 9.72. The van der Waals surface area contributed by atoms with Gasteiger partial charge in [-0.25, -0.2) is 0 Å². The van der Waals surface area contributed by atoms with Crippen LogP contribution in [-0.2, 0) is 0 Å². The molecule has 0 aliphatic heterocycles. The van der Waals surface area contributed by atoms with Gasteiger partial charge in [0.15, 0.2) is 0 Å². The van der Waals surface area contributed by atoms with Crippen LogP contribution in [0.4, 0.5) is 0 Å². The second kappa shape index (κ2) is 5.42. The van der Waals surface area contributed by atoms with E-state index in [0.29, 0.717) is 11.8 Å². The first-order valence-corrected chi connectivity index (χ1v) is 3.97. The first-order valence-electron chi connectivity index (χ1n) is 3.97. The molecule has 4 nitrogen and oxygen atoms in total. The molecule has 0 radical (unpaired) electrons. The molecule has 6 heteroatoms. The number of nitrogens with two attached hydrogens (primary N) is 1.